The van der Waals surface area contributed by atoms with E-state index >= 15 is 0 Å². The van der Waals surface area contributed by atoms with E-state index in [0.717, 1.165) is 17.3 Å². The molecule has 0 aliphatic heterocycles. The number of aryl methyl sites for hydroxylation is 3. The number of hydrogen-bond acceptors (Lipinski definition) is 3. The van der Waals surface area contributed by atoms with Gasteiger partial charge in [-0.3, -0.25) is 0 Å². The first-order valence-corrected chi connectivity index (χ1v) is 7.11. The molecule has 0 aliphatic carbocycles. The molecule has 1 aromatic heterocycles. The van der Waals surface area contributed by atoms with Gasteiger partial charge in [0.15, 0.2) is 0 Å². The van der Waals surface area contributed by atoms with Crippen molar-refractivity contribution in [3.8, 4) is 0 Å². The largest absolute Gasteiger partial charge is 0.237 e. The van der Waals surface area contributed by atoms with Gasteiger partial charge in [0.1, 0.15) is 11.0 Å². The Morgan fingerprint density at radius 3 is 2.61 bits per heavy atom. The van der Waals surface area contributed by atoms with Gasteiger partial charge in [0.05, 0.1) is 5.75 Å². The van der Waals surface area contributed by atoms with Gasteiger partial charge >= 0.3 is 0 Å². The van der Waals surface area contributed by atoms with Crippen molar-refractivity contribution in [3.05, 3.63) is 52.1 Å². The molecule has 0 N–H and O–H groups in total. The molecule has 18 heavy (non-hydrogen) atoms. The molecule has 0 unspecified atom stereocenters. The van der Waals surface area contributed by atoms with Crippen LogP contribution in [0.25, 0.3) is 0 Å². The Hall–Kier alpha value is -1.06. The molecule has 0 bridgehead atoms. The number of aromatic nitrogens is 2. The molecule has 94 valence electrons. The molecule has 0 saturated carbocycles. The summed E-state index contributed by atoms with van der Waals surface area (Å²) < 4.78 is 0. The van der Waals surface area contributed by atoms with Crippen molar-refractivity contribution in [3.63, 3.8) is 0 Å². The maximum absolute atomic E-state index is 5.93. The minimum Gasteiger partial charge on any atom is -0.237 e. The molecule has 2 aromatic rings. The molecular formula is C14H15ClN2S. The van der Waals surface area contributed by atoms with Gasteiger partial charge in [-0.05, 0) is 38.5 Å². The first kappa shape index (κ1) is 13.4. The Kier molecular flexibility index (Phi) is 4.25. The van der Waals surface area contributed by atoms with Gasteiger partial charge < -0.3 is 0 Å². The molecule has 0 atom stereocenters. The minimum atomic E-state index is 0.513. The Balaban J connectivity index is 2.13. The number of benzene rings is 1. The van der Waals surface area contributed by atoms with Gasteiger partial charge in [0, 0.05) is 10.6 Å². The summed E-state index contributed by atoms with van der Waals surface area (Å²) in [5.74, 6) is 1.53. The number of nitrogens with zero attached hydrogens (tertiary/aromatic N) is 2. The van der Waals surface area contributed by atoms with E-state index < -0.39 is 0 Å². The average Bonchev–Trinajstić information content (AvgIpc) is 2.29. The van der Waals surface area contributed by atoms with Gasteiger partial charge in [0.2, 0.25) is 0 Å². The van der Waals surface area contributed by atoms with Crippen molar-refractivity contribution in [2.24, 2.45) is 0 Å². The summed E-state index contributed by atoms with van der Waals surface area (Å²) in [7, 11) is 0. The molecule has 4 heteroatoms. The lowest BCUT2D eigenvalue weighted by Crippen LogP contribution is -1.95. The van der Waals surface area contributed by atoms with Crippen LogP contribution in [0.2, 0.25) is 5.15 Å². The van der Waals surface area contributed by atoms with E-state index in [1.807, 2.05) is 6.92 Å². The predicted octanol–water partition coefficient (Wildman–Crippen LogP) is 4.35. The normalized spacial score (nSPS) is 10.7. The molecule has 1 heterocycles. The summed E-state index contributed by atoms with van der Waals surface area (Å²) in [6, 6.07) is 8.23. The van der Waals surface area contributed by atoms with E-state index in [1.54, 1.807) is 17.8 Å². The van der Waals surface area contributed by atoms with Crippen LogP contribution in [0.4, 0.5) is 0 Å². The van der Waals surface area contributed by atoms with Crippen LogP contribution in [-0.4, -0.2) is 9.97 Å². The zero-order valence-corrected chi connectivity index (χ0v) is 12.3. The zero-order valence-electron chi connectivity index (χ0n) is 10.7. The number of hydrogen-bond donors (Lipinski definition) is 0. The minimum absolute atomic E-state index is 0.513. The van der Waals surface area contributed by atoms with E-state index in [0.29, 0.717) is 5.15 Å². The van der Waals surface area contributed by atoms with Crippen LogP contribution in [0.5, 0.6) is 0 Å². The van der Waals surface area contributed by atoms with E-state index in [1.165, 1.54) is 16.0 Å². The van der Waals surface area contributed by atoms with Crippen LogP contribution >= 0.6 is 23.4 Å². The molecule has 0 radical (unpaired) electrons. The molecule has 2 rings (SSSR count). The SMILES string of the molecule is Cc1ccc(C)c(SCc2nc(C)cc(Cl)n2)c1. The second kappa shape index (κ2) is 5.72. The molecule has 1 aromatic carbocycles. The standard InChI is InChI=1S/C14H15ClN2S/c1-9-4-5-10(2)12(6-9)18-8-14-16-11(3)7-13(15)17-14/h4-7H,8H2,1-3H3. The van der Waals surface area contributed by atoms with Gasteiger partial charge in [-0.25, -0.2) is 9.97 Å². The first-order valence-electron chi connectivity index (χ1n) is 5.75. The molecule has 0 spiro atoms. The van der Waals surface area contributed by atoms with Crippen LogP contribution in [0.3, 0.4) is 0 Å². The fourth-order valence-electron chi connectivity index (χ4n) is 1.66. The molecule has 2 nitrogen and oxygen atoms in total. The van der Waals surface area contributed by atoms with Crippen molar-refractivity contribution in [1.82, 2.24) is 9.97 Å². The number of thioether (sulfide) groups is 1. The maximum Gasteiger partial charge on any atom is 0.140 e. The molecule has 0 amide bonds. The molecule has 0 fully saturated rings. The summed E-state index contributed by atoms with van der Waals surface area (Å²) in [4.78, 5) is 9.89. The van der Waals surface area contributed by atoms with E-state index in [2.05, 4.69) is 42.0 Å². The topological polar surface area (TPSA) is 25.8 Å². The summed E-state index contributed by atoms with van der Waals surface area (Å²) in [6.45, 7) is 6.15. The lowest BCUT2D eigenvalue weighted by molar-refractivity contribution is 0.995. The average molecular weight is 279 g/mol. The lowest BCUT2D eigenvalue weighted by Gasteiger charge is -2.06. The van der Waals surface area contributed by atoms with Crippen LogP contribution in [-0.2, 0) is 5.75 Å². The molecule has 0 saturated heterocycles. The fraction of sp³-hybridized carbons (Fsp3) is 0.286. The summed E-state index contributed by atoms with van der Waals surface area (Å²) in [5.41, 5.74) is 3.46. The molecule has 0 aliphatic rings. The quantitative estimate of drug-likeness (QED) is 0.617. The zero-order chi connectivity index (χ0) is 13.1. The highest BCUT2D eigenvalue weighted by atomic mass is 35.5. The highest BCUT2D eigenvalue weighted by Gasteiger charge is 2.04. The van der Waals surface area contributed by atoms with Crippen molar-refractivity contribution >= 4 is 23.4 Å². The summed E-state index contributed by atoms with van der Waals surface area (Å²) in [5, 5.41) is 0.513. The highest BCUT2D eigenvalue weighted by molar-refractivity contribution is 7.98. The third-order valence-electron chi connectivity index (χ3n) is 2.57. The van der Waals surface area contributed by atoms with Gasteiger partial charge in [0.25, 0.3) is 0 Å². The lowest BCUT2D eigenvalue weighted by atomic mass is 10.2. The third kappa shape index (κ3) is 3.47. The van der Waals surface area contributed by atoms with Crippen molar-refractivity contribution in [2.45, 2.75) is 31.4 Å². The van der Waals surface area contributed by atoms with Gasteiger partial charge in [-0.1, -0.05) is 29.3 Å². The Labute approximate surface area is 117 Å². The third-order valence-corrected chi connectivity index (χ3v) is 3.92. The second-order valence-corrected chi connectivity index (χ2v) is 5.71. The van der Waals surface area contributed by atoms with Crippen molar-refractivity contribution in [2.75, 3.05) is 0 Å². The Bertz CT molecular complexity index is 549. The maximum atomic E-state index is 5.93. The predicted molar refractivity (Wildman–Crippen MR) is 77.3 cm³/mol. The van der Waals surface area contributed by atoms with Crippen LogP contribution in [0.1, 0.15) is 22.6 Å². The van der Waals surface area contributed by atoms with Gasteiger partial charge in [-0.2, -0.15) is 0 Å². The smallest absolute Gasteiger partial charge is 0.140 e. The second-order valence-electron chi connectivity index (χ2n) is 4.31. The Morgan fingerprint density at radius 2 is 1.89 bits per heavy atom. The molecular weight excluding hydrogens is 264 g/mol. The van der Waals surface area contributed by atoms with Gasteiger partial charge in [-0.15, -0.1) is 11.8 Å². The van der Waals surface area contributed by atoms with Crippen molar-refractivity contribution in [1.29, 1.82) is 0 Å². The monoisotopic (exact) mass is 278 g/mol. The van der Waals surface area contributed by atoms with Crippen molar-refractivity contribution < 1.29 is 0 Å². The number of rotatable bonds is 3. The van der Waals surface area contributed by atoms with Crippen LogP contribution in [0.15, 0.2) is 29.2 Å². The summed E-state index contributed by atoms with van der Waals surface area (Å²) >= 11 is 7.68. The first-order chi connectivity index (χ1) is 8.54. The fourth-order valence-corrected chi connectivity index (χ4v) is 2.89. The van der Waals surface area contributed by atoms with E-state index in [9.17, 15) is 0 Å². The highest BCUT2D eigenvalue weighted by Crippen LogP contribution is 2.26. The Morgan fingerprint density at radius 1 is 1.11 bits per heavy atom. The van der Waals surface area contributed by atoms with E-state index in [4.69, 9.17) is 11.6 Å². The van der Waals surface area contributed by atoms with Crippen LogP contribution < -0.4 is 0 Å². The summed E-state index contributed by atoms with van der Waals surface area (Å²) in [6.07, 6.45) is 0. The van der Waals surface area contributed by atoms with Crippen LogP contribution in [0, 0.1) is 20.8 Å². The number of halogens is 1. The van der Waals surface area contributed by atoms with E-state index in [-0.39, 0.29) is 0 Å².